The molecule has 0 amide bonds. The fourth-order valence-corrected chi connectivity index (χ4v) is 2.05. The van der Waals surface area contributed by atoms with Crippen LogP contribution < -0.4 is 4.74 Å². The summed E-state index contributed by atoms with van der Waals surface area (Å²) < 4.78 is 5.22. The van der Waals surface area contributed by atoms with Gasteiger partial charge in [0.1, 0.15) is 18.1 Å². The number of phenolic OH excluding ortho intramolecular Hbond substituents is 1. The summed E-state index contributed by atoms with van der Waals surface area (Å²) in [6, 6.07) is 11.1. The van der Waals surface area contributed by atoms with Gasteiger partial charge in [0.2, 0.25) is 0 Å². The van der Waals surface area contributed by atoms with E-state index in [4.69, 9.17) is 4.74 Å². The van der Waals surface area contributed by atoms with E-state index in [1.165, 1.54) is 24.3 Å². The minimum Gasteiger partial charge on any atom is -0.507 e. The Hall–Kier alpha value is -3.35. The Bertz CT molecular complexity index is 771. The van der Waals surface area contributed by atoms with Crippen molar-refractivity contribution >= 4 is 12.0 Å². The zero-order chi connectivity index (χ0) is 17.5. The number of carbonyl (C=O) groups excluding carboxylic acids is 1. The minimum atomic E-state index is -0.872. The van der Waals surface area contributed by atoms with Crippen LogP contribution in [-0.2, 0) is 22.7 Å². The molecule has 7 heteroatoms. The lowest BCUT2D eigenvalue weighted by Crippen LogP contribution is -2.11. The molecule has 0 fully saturated rings. The van der Waals surface area contributed by atoms with Gasteiger partial charge in [0.05, 0.1) is 6.42 Å². The van der Waals surface area contributed by atoms with Crippen LogP contribution in [0.3, 0.4) is 0 Å². The zero-order valence-corrected chi connectivity index (χ0v) is 12.7. The van der Waals surface area contributed by atoms with Crippen LogP contribution in [0.4, 0.5) is 0 Å². The summed E-state index contributed by atoms with van der Waals surface area (Å²) in [6.45, 7) is 3.38. The molecule has 1 N–H and O–H groups in total. The molecular formula is C17H15NO6. The third-order valence-corrected chi connectivity index (χ3v) is 3.13. The van der Waals surface area contributed by atoms with Crippen molar-refractivity contribution < 1.29 is 24.6 Å². The van der Waals surface area contributed by atoms with Gasteiger partial charge in [-0.15, -0.1) is 10.1 Å². The van der Waals surface area contributed by atoms with E-state index in [1.807, 2.05) is 0 Å². The van der Waals surface area contributed by atoms with Crippen molar-refractivity contribution in [2.45, 2.75) is 13.0 Å². The molecule has 0 saturated carbocycles. The number of carbonyl (C=O) groups is 1. The zero-order valence-electron chi connectivity index (χ0n) is 12.7. The first-order valence-electron chi connectivity index (χ1n) is 6.99. The van der Waals surface area contributed by atoms with Crippen LogP contribution in [0, 0.1) is 10.1 Å². The normalized spacial score (nSPS) is 10.0. The van der Waals surface area contributed by atoms with Crippen LogP contribution in [-0.4, -0.2) is 16.2 Å². The Labute approximate surface area is 137 Å². The Kier molecular flexibility index (Phi) is 5.51. The van der Waals surface area contributed by atoms with Gasteiger partial charge in [0.15, 0.2) is 0 Å². The van der Waals surface area contributed by atoms with E-state index in [0.717, 1.165) is 0 Å². The second kappa shape index (κ2) is 7.77. The molecule has 0 atom stereocenters. The molecule has 2 aromatic rings. The number of ether oxygens (including phenoxy) is 1. The molecule has 24 heavy (non-hydrogen) atoms. The SMILES string of the molecule is C=Cc1cc(OC(=O)Cc2cccc(CO[N+](=O)[O-])c2)ccc1O. The number of hydrogen-bond acceptors (Lipinski definition) is 6. The molecule has 0 saturated heterocycles. The summed E-state index contributed by atoms with van der Waals surface area (Å²) in [7, 11) is 0. The van der Waals surface area contributed by atoms with Gasteiger partial charge in [-0.3, -0.25) is 4.79 Å². The summed E-state index contributed by atoms with van der Waals surface area (Å²) in [5.41, 5.74) is 1.68. The molecular weight excluding hydrogens is 314 g/mol. The van der Waals surface area contributed by atoms with Crippen LogP contribution in [0.25, 0.3) is 6.08 Å². The molecule has 124 valence electrons. The first-order valence-corrected chi connectivity index (χ1v) is 6.99. The average Bonchev–Trinajstić information content (AvgIpc) is 2.55. The molecule has 0 bridgehead atoms. The topological polar surface area (TPSA) is 98.9 Å². The Balaban J connectivity index is 2.00. The van der Waals surface area contributed by atoms with Crippen LogP contribution in [0.5, 0.6) is 11.5 Å². The van der Waals surface area contributed by atoms with Gasteiger partial charge in [-0.2, -0.15) is 0 Å². The first-order chi connectivity index (χ1) is 11.5. The van der Waals surface area contributed by atoms with Crippen LogP contribution in [0.1, 0.15) is 16.7 Å². The monoisotopic (exact) mass is 329 g/mol. The number of rotatable bonds is 7. The number of phenols is 1. The van der Waals surface area contributed by atoms with Crippen LogP contribution >= 0.6 is 0 Å². The van der Waals surface area contributed by atoms with E-state index in [9.17, 15) is 20.0 Å². The number of hydrogen-bond donors (Lipinski definition) is 1. The lowest BCUT2D eigenvalue weighted by atomic mass is 10.1. The van der Waals surface area contributed by atoms with E-state index in [-0.39, 0.29) is 18.8 Å². The highest BCUT2D eigenvalue weighted by molar-refractivity contribution is 5.75. The highest BCUT2D eigenvalue weighted by atomic mass is 16.9. The lowest BCUT2D eigenvalue weighted by Gasteiger charge is -2.07. The quantitative estimate of drug-likeness (QED) is 0.363. The Morgan fingerprint density at radius 2 is 2.00 bits per heavy atom. The molecule has 0 heterocycles. The van der Waals surface area contributed by atoms with Crippen molar-refractivity contribution in [1.29, 1.82) is 0 Å². The molecule has 0 aliphatic heterocycles. The van der Waals surface area contributed by atoms with E-state index in [0.29, 0.717) is 22.4 Å². The number of esters is 1. The molecule has 2 rings (SSSR count). The smallest absolute Gasteiger partial charge is 0.315 e. The van der Waals surface area contributed by atoms with Gasteiger partial charge < -0.3 is 14.7 Å². The summed E-state index contributed by atoms with van der Waals surface area (Å²) in [6.07, 6.45) is 1.45. The van der Waals surface area contributed by atoms with Crippen molar-refractivity contribution in [3.05, 3.63) is 75.8 Å². The summed E-state index contributed by atoms with van der Waals surface area (Å²) in [5, 5.41) is 18.9. The summed E-state index contributed by atoms with van der Waals surface area (Å²) in [4.78, 5) is 26.5. The van der Waals surface area contributed by atoms with E-state index >= 15 is 0 Å². The predicted molar refractivity (Wildman–Crippen MR) is 85.8 cm³/mol. The van der Waals surface area contributed by atoms with Crippen LogP contribution in [0.2, 0.25) is 0 Å². The number of aromatic hydroxyl groups is 1. The van der Waals surface area contributed by atoms with Crippen molar-refractivity contribution in [3.8, 4) is 11.5 Å². The summed E-state index contributed by atoms with van der Waals surface area (Å²) >= 11 is 0. The van der Waals surface area contributed by atoms with Crippen molar-refractivity contribution in [2.24, 2.45) is 0 Å². The highest BCUT2D eigenvalue weighted by Crippen LogP contribution is 2.24. The Morgan fingerprint density at radius 1 is 1.25 bits per heavy atom. The molecule has 0 aromatic heterocycles. The molecule has 2 aromatic carbocycles. The van der Waals surface area contributed by atoms with Gasteiger partial charge in [-0.25, -0.2) is 0 Å². The second-order valence-corrected chi connectivity index (χ2v) is 4.89. The standard InChI is InChI=1S/C17H15NO6/c1-2-14-10-15(6-7-16(14)19)24-17(20)9-12-4-3-5-13(8-12)11-23-18(21)22/h2-8,10,19H,1,9,11H2. The number of benzene rings is 2. The molecule has 0 aliphatic carbocycles. The van der Waals surface area contributed by atoms with Gasteiger partial charge in [-0.05, 0) is 29.3 Å². The average molecular weight is 329 g/mol. The van der Waals surface area contributed by atoms with Gasteiger partial charge >= 0.3 is 5.97 Å². The largest absolute Gasteiger partial charge is 0.507 e. The lowest BCUT2D eigenvalue weighted by molar-refractivity contribution is -0.763. The second-order valence-electron chi connectivity index (χ2n) is 4.89. The number of nitrogens with zero attached hydrogens (tertiary/aromatic N) is 1. The first kappa shape index (κ1) is 17.0. The minimum absolute atomic E-state index is 0.00337. The van der Waals surface area contributed by atoms with Crippen molar-refractivity contribution in [2.75, 3.05) is 0 Å². The van der Waals surface area contributed by atoms with Crippen molar-refractivity contribution in [1.82, 2.24) is 0 Å². The molecule has 7 nitrogen and oxygen atoms in total. The summed E-state index contributed by atoms with van der Waals surface area (Å²) in [5.74, 6) is -0.160. The van der Waals surface area contributed by atoms with Gasteiger partial charge in [0.25, 0.3) is 5.09 Å². The van der Waals surface area contributed by atoms with E-state index in [1.54, 1.807) is 24.3 Å². The molecule has 0 spiro atoms. The highest BCUT2D eigenvalue weighted by Gasteiger charge is 2.09. The predicted octanol–water partition coefficient (Wildman–Crippen LogP) is 2.89. The third kappa shape index (κ3) is 4.84. The molecule has 0 aliphatic rings. The molecule has 0 unspecified atom stereocenters. The van der Waals surface area contributed by atoms with Crippen molar-refractivity contribution in [3.63, 3.8) is 0 Å². The fraction of sp³-hybridized carbons (Fsp3) is 0.118. The molecule has 0 radical (unpaired) electrons. The van der Waals surface area contributed by atoms with E-state index in [2.05, 4.69) is 11.4 Å². The van der Waals surface area contributed by atoms with Gasteiger partial charge in [-0.1, -0.05) is 36.9 Å². The Morgan fingerprint density at radius 3 is 2.71 bits per heavy atom. The maximum atomic E-state index is 12.0. The maximum absolute atomic E-state index is 12.0. The van der Waals surface area contributed by atoms with E-state index < -0.39 is 11.1 Å². The fourth-order valence-electron chi connectivity index (χ4n) is 2.05. The van der Waals surface area contributed by atoms with Crippen LogP contribution in [0.15, 0.2) is 49.0 Å². The maximum Gasteiger partial charge on any atom is 0.315 e. The third-order valence-electron chi connectivity index (χ3n) is 3.13. The van der Waals surface area contributed by atoms with Gasteiger partial charge in [0, 0.05) is 5.56 Å².